The van der Waals surface area contributed by atoms with Gasteiger partial charge in [0, 0.05) is 6.20 Å². The maximum atomic E-state index is 12.6. The first-order valence-electron chi connectivity index (χ1n) is 5.62. The van der Waals surface area contributed by atoms with E-state index in [1.54, 1.807) is 0 Å². The van der Waals surface area contributed by atoms with E-state index in [2.05, 4.69) is 9.98 Å². The molecular formula is C12H13F3N2O. The second-order valence-corrected chi connectivity index (χ2v) is 4.48. The molecule has 18 heavy (non-hydrogen) atoms. The zero-order valence-electron chi connectivity index (χ0n) is 10.0. The van der Waals surface area contributed by atoms with Gasteiger partial charge < -0.3 is 4.74 Å². The molecule has 98 valence electrons. The molecule has 6 heteroatoms. The predicted octanol–water partition coefficient (Wildman–Crippen LogP) is 2.90. The molecule has 0 bridgehead atoms. The van der Waals surface area contributed by atoms with Crippen molar-refractivity contribution in [1.82, 2.24) is 4.98 Å². The minimum Gasteiger partial charge on any atom is -0.474 e. The van der Waals surface area contributed by atoms with Crippen LogP contribution in [0, 0.1) is 5.92 Å². The minimum atomic E-state index is -4.38. The molecule has 0 radical (unpaired) electrons. The maximum absolute atomic E-state index is 12.6. The normalized spacial score (nSPS) is 19.9. The highest BCUT2D eigenvalue weighted by atomic mass is 19.4. The monoisotopic (exact) mass is 258 g/mol. The Morgan fingerprint density at radius 2 is 2.11 bits per heavy atom. The summed E-state index contributed by atoms with van der Waals surface area (Å²) in [5, 5.41) is 0. The van der Waals surface area contributed by atoms with E-state index in [1.807, 2.05) is 13.8 Å². The Morgan fingerprint density at radius 3 is 2.67 bits per heavy atom. The summed E-state index contributed by atoms with van der Waals surface area (Å²) in [6, 6.07) is 1.87. The van der Waals surface area contributed by atoms with E-state index in [-0.39, 0.29) is 23.6 Å². The minimum absolute atomic E-state index is 0.0173. The number of pyridine rings is 1. The quantitative estimate of drug-likeness (QED) is 0.817. The molecule has 1 atom stereocenters. The summed E-state index contributed by atoms with van der Waals surface area (Å²) in [4.78, 5) is 8.12. The van der Waals surface area contributed by atoms with E-state index in [4.69, 9.17) is 4.74 Å². The average molecular weight is 258 g/mol. The van der Waals surface area contributed by atoms with Crippen molar-refractivity contribution in [2.75, 3.05) is 6.61 Å². The van der Waals surface area contributed by atoms with Crippen LogP contribution in [0.4, 0.5) is 13.2 Å². The molecule has 0 aromatic carbocycles. The van der Waals surface area contributed by atoms with Crippen LogP contribution < -0.4 is 0 Å². The number of hydrogen-bond donors (Lipinski definition) is 0. The lowest BCUT2D eigenvalue weighted by Crippen LogP contribution is -2.13. The molecule has 0 amide bonds. The van der Waals surface area contributed by atoms with E-state index < -0.39 is 11.7 Å². The topological polar surface area (TPSA) is 34.5 Å². The number of aliphatic imine (C=N–C) groups is 1. The molecule has 0 saturated heterocycles. The molecule has 0 N–H and O–H groups in total. The molecule has 2 heterocycles. The molecule has 0 aliphatic carbocycles. The van der Waals surface area contributed by atoms with E-state index in [9.17, 15) is 13.2 Å². The van der Waals surface area contributed by atoms with Gasteiger partial charge in [-0.15, -0.1) is 0 Å². The van der Waals surface area contributed by atoms with Crippen molar-refractivity contribution in [2.45, 2.75) is 26.1 Å². The zero-order chi connectivity index (χ0) is 13.3. The van der Waals surface area contributed by atoms with Crippen LogP contribution in [0.1, 0.15) is 25.1 Å². The lowest BCUT2D eigenvalue weighted by molar-refractivity contribution is -0.137. The molecular weight excluding hydrogens is 245 g/mol. The maximum Gasteiger partial charge on any atom is 0.416 e. The Labute approximate surface area is 103 Å². The molecule has 1 aliphatic heterocycles. The second kappa shape index (κ2) is 4.59. The summed E-state index contributed by atoms with van der Waals surface area (Å²) in [5.74, 6) is 0.480. The summed E-state index contributed by atoms with van der Waals surface area (Å²) >= 11 is 0. The molecule has 1 aromatic rings. The van der Waals surface area contributed by atoms with Gasteiger partial charge in [0.2, 0.25) is 5.90 Å². The van der Waals surface area contributed by atoms with Crippen LogP contribution in [0.2, 0.25) is 0 Å². The molecule has 0 fully saturated rings. The number of aromatic nitrogens is 1. The van der Waals surface area contributed by atoms with Crippen molar-refractivity contribution in [3.8, 4) is 0 Å². The smallest absolute Gasteiger partial charge is 0.416 e. The van der Waals surface area contributed by atoms with Gasteiger partial charge in [0.05, 0.1) is 11.6 Å². The van der Waals surface area contributed by atoms with Gasteiger partial charge >= 0.3 is 6.18 Å². The third kappa shape index (κ3) is 2.63. The van der Waals surface area contributed by atoms with Gasteiger partial charge in [0.15, 0.2) is 0 Å². The van der Waals surface area contributed by atoms with Crippen molar-refractivity contribution in [2.24, 2.45) is 10.9 Å². The van der Waals surface area contributed by atoms with Crippen LogP contribution in [0.5, 0.6) is 0 Å². The fourth-order valence-electron chi connectivity index (χ4n) is 1.59. The third-order valence-corrected chi connectivity index (χ3v) is 2.75. The van der Waals surface area contributed by atoms with Crippen LogP contribution in [0.3, 0.4) is 0 Å². The van der Waals surface area contributed by atoms with E-state index >= 15 is 0 Å². The van der Waals surface area contributed by atoms with Gasteiger partial charge in [-0.05, 0) is 18.1 Å². The highest BCUT2D eigenvalue weighted by Gasteiger charge is 2.32. The first kappa shape index (κ1) is 12.9. The zero-order valence-corrected chi connectivity index (χ0v) is 10.0. The summed E-state index contributed by atoms with van der Waals surface area (Å²) < 4.78 is 43.0. The Balaban J connectivity index is 2.28. The number of hydrogen-bond acceptors (Lipinski definition) is 3. The van der Waals surface area contributed by atoms with Crippen LogP contribution in [0.15, 0.2) is 23.3 Å². The lowest BCUT2D eigenvalue weighted by atomic mass is 10.1. The van der Waals surface area contributed by atoms with Gasteiger partial charge in [-0.1, -0.05) is 13.8 Å². The fourth-order valence-corrected chi connectivity index (χ4v) is 1.59. The molecule has 2 rings (SSSR count). The van der Waals surface area contributed by atoms with Gasteiger partial charge in [-0.3, -0.25) is 4.98 Å². The molecule has 1 aliphatic rings. The SMILES string of the molecule is CC(C)C1COC(c2cc(C(F)(F)F)ccn2)=N1. The summed E-state index contributed by atoms with van der Waals surface area (Å²) in [6.45, 7) is 4.37. The van der Waals surface area contributed by atoms with E-state index in [0.29, 0.717) is 6.61 Å². The average Bonchev–Trinajstić information content (AvgIpc) is 2.77. The highest BCUT2D eigenvalue weighted by molar-refractivity contribution is 5.93. The summed E-state index contributed by atoms with van der Waals surface area (Å²) in [5.41, 5.74) is -0.611. The van der Waals surface area contributed by atoms with Gasteiger partial charge in [0.25, 0.3) is 0 Å². The van der Waals surface area contributed by atoms with Crippen molar-refractivity contribution in [3.63, 3.8) is 0 Å². The van der Waals surface area contributed by atoms with Crippen LogP contribution >= 0.6 is 0 Å². The summed E-state index contributed by atoms with van der Waals surface area (Å²) in [6.07, 6.45) is -3.26. The van der Waals surface area contributed by atoms with E-state index in [1.165, 1.54) is 0 Å². The molecule has 0 saturated carbocycles. The molecule has 0 spiro atoms. The van der Waals surface area contributed by atoms with Crippen molar-refractivity contribution < 1.29 is 17.9 Å². The third-order valence-electron chi connectivity index (χ3n) is 2.75. The van der Waals surface area contributed by atoms with E-state index in [0.717, 1.165) is 18.3 Å². The Kier molecular flexibility index (Phi) is 3.28. The van der Waals surface area contributed by atoms with Crippen molar-refractivity contribution in [1.29, 1.82) is 0 Å². The van der Waals surface area contributed by atoms with Gasteiger partial charge in [0.1, 0.15) is 12.3 Å². The second-order valence-electron chi connectivity index (χ2n) is 4.48. The number of ether oxygens (including phenoxy) is 1. The van der Waals surface area contributed by atoms with Crippen LogP contribution in [-0.4, -0.2) is 23.5 Å². The largest absolute Gasteiger partial charge is 0.474 e. The Bertz CT molecular complexity index is 469. The highest BCUT2D eigenvalue weighted by Crippen LogP contribution is 2.29. The van der Waals surface area contributed by atoms with Crippen LogP contribution in [-0.2, 0) is 10.9 Å². The number of rotatable bonds is 2. The molecule has 1 aromatic heterocycles. The summed E-state index contributed by atoms with van der Waals surface area (Å²) in [7, 11) is 0. The first-order valence-corrected chi connectivity index (χ1v) is 5.62. The van der Waals surface area contributed by atoms with Crippen LogP contribution in [0.25, 0.3) is 0 Å². The Hall–Kier alpha value is -1.59. The lowest BCUT2D eigenvalue weighted by Gasteiger charge is -2.07. The molecule has 1 unspecified atom stereocenters. The van der Waals surface area contributed by atoms with Crippen molar-refractivity contribution >= 4 is 5.90 Å². The number of nitrogens with zero attached hydrogens (tertiary/aromatic N) is 2. The van der Waals surface area contributed by atoms with Gasteiger partial charge in [-0.2, -0.15) is 13.2 Å². The number of alkyl halides is 3. The number of halogens is 3. The standard InChI is InChI=1S/C12H13F3N2O/c1-7(2)10-6-18-11(17-10)9-5-8(3-4-16-9)12(13,14)15/h3-5,7,10H,6H2,1-2H3. The van der Waals surface area contributed by atoms with Gasteiger partial charge in [-0.25, -0.2) is 4.99 Å². The fraction of sp³-hybridized carbons (Fsp3) is 0.500. The Morgan fingerprint density at radius 1 is 1.39 bits per heavy atom. The first-order chi connectivity index (χ1) is 8.38. The molecule has 3 nitrogen and oxygen atoms in total. The van der Waals surface area contributed by atoms with Crippen molar-refractivity contribution in [3.05, 3.63) is 29.6 Å². The predicted molar refractivity (Wildman–Crippen MR) is 60.4 cm³/mol.